The lowest BCUT2D eigenvalue weighted by molar-refractivity contribution is 0.958. The number of nitrogens with zero attached hydrogens (tertiary/aromatic N) is 1. The zero-order valence-electron chi connectivity index (χ0n) is 7.75. The number of unbranched alkanes of at least 4 members (excludes halogenated alkanes) is 1. The van der Waals surface area contributed by atoms with Crippen molar-refractivity contribution in [1.29, 1.82) is 0 Å². The molecule has 1 rings (SSSR count). The summed E-state index contributed by atoms with van der Waals surface area (Å²) in [5, 5.41) is 0. The molecular weight excluding hydrogens is 146 g/mol. The highest BCUT2D eigenvalue weighted by Crippen LogP contribution is 2.10. The van der Waals surface area contributed by atoms with Gasteiger partial charge < -0.3 is 0 Å². The van der Waals surface area contributed by atoms with Gasteiger partial charge in [-0.1, -0.05) is 25.5 Å². The lowest BCUT2D eigenvalue weighted by atomic mass is 10.1. The van der Waals surface area contributed by atoms with E-state index in [0.717, 1.165) is 12.1 Å². The molecule has 0 spiro atoms. The predicted octanol–water partition coefficient (Wildman–Crippen LogP) is 3.29. The van der Waals surface area contributed by atoms with Gasteiger partial charge in [-0.3, -0.25) is 4.98 Å². The molecule has 0 N–H and O–H groups in total. The van der Waals surface area contributed by atoms with Crippen LogP contribution in [0.25, 0.3) is 5.57 Å². The molecule has 0 saturated heterocycles. The van der Waals surface area contributed by atoms with Crippen LogP contribution in [0.4, 0.5) is 0 Å². The van der Waals surface area contributed by atoms with Gasteiger partial charge in [-0.25, -0.2) is 0 Å². The van der Waals surface area contributed by atoms with E-state index in [1.165, 1.54) is 12.0 Å². The maximum Gasteiger partial charge on any atom is 0.0655 e. The van der Waals surface area contributed by atoms with Crippen molar-refractivity contribution in [3.63, 3.8) is 0 Å². The molecule has 0 atom stereocenters. The molecule has 12 heavy (non-hydrogen) atoms. The Balaban J connectivity index is 2.71. The Morgan fingerprint density at radius 2 is 2.33 bits per heavy atom. The molecule has 0 radical (unpaired) electrons. The van der Waals surface area contributed by atoms with Crippen molar-refractivity contribution < 1.29 is 0 Å². The SMILES string of the molecule is CCC/C=C(\C)c1ccccn1. The van der Waals surface area contributed by atoms with E-state index in [1.807, 2.05) is 24.4 Å². The average Bonchev–Trinajstić information content (AvgIpc) is 2.15. The fourth-order valence-corrected chi connectivity index (χ4v) is 1.06. The molecule has 64 valence electrons. The molecule has 1 aromatic rings. The summed E-state index contributed by atoms with van der Waals surface area (Å²) < 4.78 is 0. The first-order valence-corrected chi connectivity index (χ1v) is 4.42. The van der Waals surface area contributed by atoms with Gasteiger partial charge in [0, 0.05) is 6.20 Å². The van der Waals surface area contributed by atoms with Gasteiger partial charge in [0.05, 0.1) is 5.69 Å². The van der Waals surface area contributed by atoms with Gasteiger partial charge >= 0.3 is 0 Å². The van der Waals surface area contributed by atoms with Crippen molar-refractivity contribution in [2.24, 2.45) is 0 Å². The molecule has 1 heterocycles. The highest BCUT2D eigenvalue weighted by molar-refractivity contribution is 5.59. The Morgan fingerprint density at radius 1 is 1.50 bits per heavy atom. The van der Waals surface area contributed by atoms with Crippen molar-refractivity contribution in [3.8, 4) is 0 Å². The van der Waals surface area contributed by atoms with E-state index >= 15 is 0 Å². The van der Waals surface area contributed by atoms with Crippen LogP contribution in [0.2, 0.25) is 0 Å². The van der Waals surface area contributed by atoms with Crippen molar-refractivity contribution >= 4 is 5.57 Å². The second-order valence-electron chi connectivity index (χ2n) is 2.89. The quantitative estimate of drug-likeness (QED) is 0.663. The monoisotopic (exact) mass is 161 g/mol. The highest BCUT2D eigenvalue weighted by Gasteiger charge is 1.92. The van der Waals surface area contributed by atoms with Crippen LogP contribution in [0.5, 0.6) is 0 Å². The number of hydrogen-bond acceptors (Lipinski definition) is 1. The van der Waals surface area contributed by atoms with Gasteiger partial charge in [-0.2, -0.15) is 0 Å². The van der Waals surface area contributed by atoms with Crippen LogP contribution in [0.3, 0.4) is 0 Å². The maximum atomic E-state index is 4.26. The molecular formula is C11H15N. The number of rotatable bonds is 3. The zero-order valence-corrected chi connectivity index (χ0v) is 7.75. The first-order valence-electron chi connectivity index (χ1n) is 4.42. The first-order chi connectivity index (χ1) is 5.84. The van der Waals surface area contributed by atoms with E-state index in [1.54, 1.807) is 0 Å². The van der Waals surface area contributed by atoms with Gasteiger partial charge in [-0.15, -0.1) is 0 Å². The average molecular weight is 161 g/mol. The molecule has 0 aliphatic rings. The second kappa shape index (κ2) is 4.70. The predicted molar refractivity (Wildman–Crippen MR) is 52.8 cm³/mol. The fourth-order valence-electron chi connectivity index (χ4n) is 1.06. The molecule has 0 saturated carbocycles. The number of aromatic nitrogens is 1. The molecule has 1 aromatic heterocycles. The summed E-state index contributed by atoms with van der Waals surface area (Å²) >= 11 is 0. The van der Waals surface area contributed by atoms with Crippen LogP contribution in [0, 0.1) is 0 Å². The maximum absolute atomic E-state index is 4.26. The summed E-state index contributed by atoms with van der Waals surface area (Å²) in [6.45, 7) is 4.29. The topological polar surface area (TPSA) is 12.9 Å². The minimum absolute atomic E-state index is 1.09. The minimum atomic E-state index is 1.09. The summed E-state index contributed by atoms with van der Waals surface area (Å²) in [5.74, 6) is 0. The highest BCUT2D eigenvalue weighted by atomic mass is 14.7. The van der Waals surface area contributed by atoms with Crippen LogP contribution < -0.4 is 0 Å². The van der Waals surface area contributed by atoms with Gasteiger partial charge in [-0.05, 0) is 31.1 Å². The molecule has 0 unspecified atom stereocenters. The lowest BCUT2D eigenvalue weighted by Gasteiger charge is -1.98. The molecule has 0 amide bonds. The molecule has 1 heteroatoms. The van der Waals surface area contributed by atoms with Crippen LogP contribution in [0.1, 0.15) is 32.4 Å². The number of allylic oxidation sites excluding steroid dienone is 2. The lowest BCUT2D eigenvalue weighted by Crippen LogP contribution is -1.83. The van der Waals surface area contributed by atoms with Crippen molar-refractivity contribution in [3.05, 3.63) is 36.2 Å². The largest absolute Gasteiger partial charge is 0.257 e. The van der Waals surface area contributed by atoms with E-state index in [4.69, 9.17) is 0 Å². The second-order valence-corrected chi connectivity index (χ2v) is 2.89. The first kappa shape index (κ1) is 8.98. The Morgan fingerprint density at radius 3 is 2.92 bits per heavy atom. The van der Waals surface area contributed by atoms with Crippen LogP contribution >= 0.6 is 0 Å². The standard InChI is InChI=1S/C11H15N/c1-3-4-7-10(2)11-8-5-6-9-12-11/h5-9H,3-4H2,1-2H3/b10-7+. The third-order valence-electron chi connectivity index (χ3n) is 1.81. The summed E-state index contributed by atoms with van der Waals surface area (Å²) in [6, 6.07) is 6.00. The Labute approximate surface area is 74.2 Å². The van der Waals surface area contributed by atoms with Gasteiger partial charge in [0.25, 0.3) is 0 Å². The summed E-state index contributed by atoms with van der Waals surface area (Å²) in [7, 11) is 0. The van der Waals surface area contributed by atoms with E-state index in [9.17, 15) is 0 Å². The molecule has 0 aromatic carbocycles. The van der Waals surface area contributed by atoms with Crippen molar-refractivity contribution in [2.75, 3.05) is 0 Å². The third-order valence-corrected chi connectivity index (χ3v) is 1.81. The summed E-state index contributed by atoms with van der Waals surface area (Å²) in [4.78, 5) is 4.26. The Bertz CT molecular complexity index is 249. The van der Waals surface area contributed by atoms with E-state index < -0.39 is 0 Å². The Kier molecular flexibility index (Phi) is 3.52. The molecule has 0 fully saturated rings. The van der Waals surface area contributed by atoms with Gasteiger partial charge in [0.2, 0.25) is 0 Å². The fraction of sp³-hybridized carbons (Fsp3) is 0.364. The number of pyridine rings is 1. The molecule has 1 nitrogen and oxygen atoms in total. The summed E-state index contributed by atoms with van der Waals surface area (Å²) in [5.41, 5.74) is 2.36. The third kappa shape index (κ3) is 2.50. The number of hydrogen-bond donors (Lipinski definition) is 0. The van der Waals surface area contributed by atoms with Gasteiger partial charge in [0.15, 0.2) is 0 Å². The minimum Gasteiger partial charge on any atom is -0.257 e. The molecule has 0 bridgehead atoms. The van der Waals surface area contributed by atoms with E-state index in [2.05, 4.69) is 24.9 Å². The molecule has 0 aliphatic carbocycles. The van der Waals surface area contributed by atoms with Crippen LogP contribution in [-0.2, 0) is 0 Å². The zero-order chi connectivity index (χ0) is 8.81. The summed E-state index contributed by atoms with van der Waals surface area (Å²) in [6.07, 6.45) is 6.41. The van der Waals surface area contributed by atoms with E-state index in [0.29, 0.717) is 0 Å². The van der Waals surface area contributed by atoms with Gasteiger partial charge in [0.1, 0.15) is 0 Å². The smallest absolute Gasteiger partial charge is 0.0655 e. The molecule has 0 aliphatic heterocycles. The van der Waals surface area contributed by atoms with Crippen molar-refractivity contribution in [1.82, 2.24) is 4.98 Å². The van der Waals surface area contributed by atoms with Crippen LogP contribution in [-0.4, -0.2) is 4.98 Å². The van der Waals surface area contributed by atoms with Crippen LogP contribution in [0.15, 0.2) is 30.5 Å². The van der Waals surface area contributed by atoms with Crippen molar-refractivity contribution in [2.45, 2.75) is 26.7 Å². The normalized spacial score (nSPS) is 11.7. The van der Waals surface area contributed by atoms with E-state index in [-0.39, 0.29) is 0 Å². The Hall–Kier alpha value is -1.11.